The number of carbonyl (C=O) groups is 1. The first kappa shape index (κ1) is 12.3. The van der Waals surface area contributed by atoms with Crippen molar-refractivity contribution in [1.29, 1.82) is 0 Å². The van der Waals surface area contributed by atoms with Crippen molar-refractivity contribution < 1.29 is 14.3 Å². The van der Waals surface area contributed by atoms with Gasteiger partial charge in [-0.25, -0.2) is 0 Å². The van der Waals surface area contributed by atoms with Gasteiger partial charge >= 0.3 is 0 Å². The Morgan fingerprint density at radius 2 is 2.33 bits per heavy atom. The van der Waals surface area contributed by atoms with E-state index in [1.165, 1.54) is 0 Å². The van der Waals surface area contributed by atoms with Gasteiger partial charge < -0.3 is 14.4 Å². The summed E-state index contributed by atoms with van der Waals surface area (Å²) < 4.78 is 5.94. The summed E-state index contributed by atoms with van der Waals surface area (Å²) in [4.78, 5) is 13.1. The predicted molar refractivity (Wildman–Crippen MR) is 59.2 cm³/mol. The SMILES string of the molecule is CN(Cc1ccc(Br)o1)C(=O)CCCO. The molecule has 0 saturated carbocycles. The van der Waals surface area contributed by atoms with E-state index in [2.05, 4.69) is 15.9 Å². The maximum absolute atomic E-state index is 11.5. The Hall–Kier alpha value is -0.810. The number of nitrogens with zero attached hydrogens (tertiary/aromatic N) is 1. The van der Waals surface area contributed by atoms with E-state index in [1.807, 2.05) is 6.07 Å². The van der Waals surface area contributed by atoms with Crippen LogP contribution in [0.2, 0.25) is 0 Å². The van der Waals surface area contributed by atoms with Crippen molar-refractivity contribution in [2.24, 2.45) is 0 Å². The Bertz CT molecular complexity index is 324. The molecule has 0 unspecified atom stereocenters. The minimum atomic E-state index is 0.0107. The molecule has 0 saturated heterocycles. The Kier molecular flexibility index (Phi) is 4.84. The highest BCUT2D eigenvalue weighted by atomic mass is 79.9. The number of aliphatic hydroxyl groups excluding tert-OH is 1. The average Bonchev–Trinajstić information content (AvgIpc) is 2.60. The van der Waals surface area contributed by atoms with Crippen LogP contribution < -0.4 is 0 Å². The molecule has 1 N–H and O–H groups in total. The second-order valence-electron chi connectivity index (χ2n) is 3.28. The highest BCUT2D eigenvalue weighted by Crippen LogP contribution is 2.15. The topological polar surface area (TPSA) is 53.7 Å². The molecule has 0 spiro atoms. The van der Waals surface area contributed by atoms with Crippen LogP contribution in [0.1, 0.15) is 18.6 Å². The van der Waals surface area contributed by atoms with Crippen LogP contribution in [0.4, 0.5) is 0 Å². The summed E-state index contributed by atoms with van der Waals surface area (Å²) >= 11 is 3.20. The van der Waals surface area contributed by atoms with Crippen molar-refractivity contribution in [3.05, 3.63) is 22.6 Å². The van der Waals surface area contributed by atoms with E-state index >= 15 is 0 Å². The Morgan fingerprint density at radius 3 is 2.87 bits per heavy atom. The molecule has 5 heteroatoms. The Balaban J connectivity index is 2.41. The minimum absolute atomic E-state index is 0.0107. The lowest BCUT2D eigenvalue weighted by Gasteiger charge is -2.15. The van der Waals surface area contributed by atoms with Gasteiger partial charge in [0, 0.05) is 20.1 Å². The predicted octanol–water partition coefficient (Wildman–Crippen LogP) is 1.77. The lowest BCUT2D eigenvalue weighted by molar-refractivity contribution is -0.130. The van der Waals surface area contributed by atoms with Crippen molar-refractivity contribution in [3.63, 3.8) is 0 Å². The lowest BCUT2D eigenvalue weighted by Crippen LogP contribution is -2.25. The summed E-state index contributed by atoms with van der Waals surface area (Å²) in [7, 11) is 1.72. The van der Waals surface area contributed by atoms with Gasteiger partial charge in [-0.3, -0.25) is 4.79 Å². The molecule has 1 rings (SSSR count). The molecule has 0 aliphatic carbocycles. The molecule has 0 aliphatic rings. The molecule has 1 amide bonds. The molecule has 0 aromatic carbocycles. The zero-order chi connectivity index (χ0) is 11.3. The van der Waals surface area contributed by atoms with Crippen LogP contribution in [-0.4, -0.2) is 29.6 Å². The van der Waals surface area contributed by atoms with Crippen molar-refractivity contribution in [2.45, 2.75) is 19.4 Å². The first-order valence-electron chi connectivity index (χ1n) is 4.72. The summed E-state index contributed by atoms with van der Waals surface area (Å²) in [5.74, 6) is 0.748. The zero-order valence-corrected chi connectivity index (χ0v) is 10.2. The van der Waals surface area contributed by atoms with E-state index in [0.717, 1.165) is 5.76 Å². The van der Waals surface area contributed by atoms with E-state index < -0.39 is 0 Å². The third-order valence-electron chi connectivity index (χ3n) is 2.00. The fourth-order valence-electron chi connectivity index (χ4n) is 1.18. The first-order chi connectivity index (χ1) is 7.13. The van der Waals surface area contributed by atoms with Crippen LogP contribution in [0.25, 0.3) is 0 Å². The molecule has 15 heavy (non-hydrogen) atoms. The van der Waals surface area contributed by atoms with Crippen LogP contribution in [0.5, 0.6) is 0 Å². The van der Waals surface area contributed by atoms with Gasteiger partial charge in [-0.05, 0) is 34.5 Å². The molecule has 1 heterocycles. The van der Waals surface area contributed by atoms with Crippen LogP contribution >= 0.6 is 15.9 Å². The number of aliphatic hydroxyl groups is 1. The lowest BCUT2D eigenvalue weighted by atomic mass is 10.3. The number of rotatable bonds is 5. The van der Waals surface area contributed by atoms with Gasteiger partial charge in [0.2, 0.25) is 5.91 Å². The second kappa shape index (κ2) is 5.92. The smallest absolute Gasteiger partial charge is 0.222 e. The number of hydrogen-bond acceptors (Lipinski definition) is 3. The molecule has 0 atom stereocenters. The maximum atomic E-state index is 11.5. The summed E-state index contributed by atoms with van der Waals surface area (Å²) in [5.41, 5.74) is 0. The van der Waals surface area contributed by atoms with Gasteiger partial charge in [0.1, 0.15) is 5.76 Å². The molecule has 84 valence electrons. The third kappa shape index (κ3) is 4.05. The zero-order valence-electron chi connectivity index (χ0n) is 8.57. The van der Waals surface area contributed by atoms with Gasteiger partial charge in [-0.15, -0.1) is 0 Å². The minimum Gasteiger partial charge on any atom is -0.452 e. The fraction of sp³-hybridized carbons (Fsp3) is 0.500. The van der Waals surface area contributed by atoms with Crippen LogP contribution in [-0.2, 0) is 11.3 Å². The van der Waals surface area contributed by atoms with Gasteiger partial charge in [-0.2, -0.15) is 0 Å². The average molecular weight is 276 g/mol. The Labute approximate surface area is 97.0 Å². The van der Waals surface area contributed by atoms with Crippen molar-refractivity contribution in [2.75, 3.05) is 13.7 Å². The molecule has 0 aliphatic heterocycles. The van der Waals surface area contributed by atoms with Crippen molar-refractivity contribution in [1.82, 2.24) is 4.90 Å². The summed E-state index contributed by atoms with van der Waals surface area (Å²) in [5, 5.41) is 8.59. The molecule has 0 fully saturated rings. The maximum Gasteiger partial charge on any atom is 0.222 e. The van der Waals surface area contributed by atoms with Crippen LogP contribution in [0, 0.1) is 0 Å². The van der Waals surface area contributed by atoms with Gasteiger partial charge in [0.25, 0.3) is 0 Å². The highest BCUT2D eigenvalue weighted by molar-refractivity contribution is 9.10. The first-order valence-corrected chi connectivity index (χ1v) is 5.52. The normalized spacial score (nSPS) is 10.3. The third-order valence-corrected chi connectivity index (χ3v) is 2.42. The van der Waals surface area contributed by atoms with Crippen LogP contribution in [0.3, 0.4) is 0 Å². The fourth-order valence-corrected chi connectivity index (χ4v) is 1.52. The second-order valence-corrected chi connectivity index (χ2v) is 4.06. The monoisotopic (exact) mass is 275 g/mol. The number of carbonyl (C=O) groups excluding carboxylic acids is 1. The molecule has 4 nitrogen and oxygen atoms in total. The standard InChI is InChI=1S/C10H14BrNO3/c1-12(10(14)3-2-6-13)7-8-4-5-9(11)15-8/h4-5,13H,2-3,6-7H2,1H3. The Morgan fingerprint density at radius 1 is 1.60 bits per heavy atom. The van der Waals surface area contributed by atoms with Crippen molar-refractivity contribution >= 4 is 21.8 Å². The number of hydrogen-bond donors (Lipinski definition) is 1. The van der Waals surface area contributed by atoms with Crippen LogP contribution in [0.15, 0.2) is 21.2 Å². The quantitative estimate of drug-likeness (QED) is 0.891. The highest BCUT2D eigenvalue weighted by Gasteiger charge is 2.10. The number of halogens is 1. The number of amides is 1. The summed E-state index contributed by atoms with van der Waals surface area (Å²) in [6.45, 7) is 0.502. The van der Waals surface area contributed by atoms with E-state index in [-0.39, 0.29) is 12.5 Å². The molecule has 0 radical (unpaired) electrons. The summed E-state index contributed by atoms with van der Waals surface area (Å²) in [6.07, 6.45) is 0.875. The molecule has 1 aromatic rings. The molecule has 1 aromatic heterocycles. The van der Waals surface area contributed by atoms with E-state index in [0.29, 0.717) is 24.1 Å². The largest absolute Gasteiger partial charge is 0.452 e. The van der Waals surface area contributed by atoms with E-state index in [4.69, 9.17) is 9.52 Å². The summed E-state index contributed by atoms with van der Waals surface area (Å²) in [6, 6.07) is 3.61. The van der Waals surface area contributed by atoms with Gasteiger partial charge in [0.15, 0.2) is 4.67 Å². The van der Waals surface area contributed by atoms with Crippen molar-refractivity contribution in [3.8, 4) is 0 Å². The van der Waals surface area contributed by atoms with Gasteiger partial charge in [0.05, 0.1) is 6.54 Å². The molecular formula is C10H14BrNO3. The van der Waals surface area contributed by atoms with E-state index in [1.54, 1.807) is 18.0 Å². The van der Waals surface area contributed by atoms with Gasteiger partial charge in [-0.1, -0.05) is 0 Å². The number of furan rings is 1. The molecule has 0 bridgehead atoms. The molecular weight excluding hydrogens is 262 g/mol. The van der Waals surface area contributed by atoms with E-state index in [9.17, 15) is 4.79 Å².